The predicted molar refractivity (Wildman–Crippen MR) is 75.3 cm³/mol. The van der Waals surface area contributed by atoms with E-state index in [-0.39, 0.29) is 11.4 Å². The number of nitrogens with zero attached hydrogens (tertiary/aromatic N) is 1. The Morgan fingerprint density at radius 3 is 2.74 bits per heavy atom. The van der Waals surface area contributed by atoms with Crippen LogP contribution in [0.15, 0.2) is 17.1 Å². The standard InChI is InChI=1S/C15H21NO3/c1-9-5-12(18)14-11(16-8-10(2)17)7-15(3,4)19-13(14)6-9/h5-6,10,17-18H,7-8H2,1-4H3. The average molecular weight is 263 g/mol. The van der Waals surface area contributed by atoms with Crippen molar-refractivity contribution < 1.29 is 14.9 Å². The molecular weight excluding hydrogens is 242 g/mol. The number of fused-ring (bicyclic) bond motifs is 1. The zero-order chi connectivity index (χ0) is 14.2. The molecule has 0 radical (unpaired) electrons. The Hall–Kier alpha value is -1.55. The molecule has 1 aliphatic rings. The number of ether oxygens (including phenoxy) is 1. The zero-order valence-electron chi connectivity index (χ0n) is 11.9. The van der Waals surface area contributed by atoms with Crippen LogP contribution < -0.4 is 4.74 Å². The number of aromatic hydroxyl groups is 1. The van der Waals surface area contributed by atoms with Gasteiger partial charge in [0.2, 0.25) is 0 Å². The van der Waals surface area contributed by atoms with Gasteiger partial charge in [-0.25, -0.2) is 0 Å². The summed E-state index contributed by atoms with van der Waals surface area (Å²) in [5.74, 6) is 0.855. The summed E-state index contributed by atoms with van der Waals surface area (Å²) in [6.07, 6.45) is 0.123. The van der Waals surface area contributed by atoms with Crippen LogP contribution in [0.5, 0.6) is 11.5 Å². The molecule has 1 heterocycles. The fourth-order valence-corrected chi connectivity index (χ4v) is 2.31. The lowest BCUT2D eigenvalue weighted by Gasteiger charge is -2.34. The molecule has 0 fully saturated rings. The van der Waals surface area contributed by atoms with Crippen molar-refractivity contribution in [1.29, 1.82) is 0 Å². The van der Waals surface area contributed by atoms with Gasteiger partial charge < -0.3 is 14.9 Å². The number of rotatable bonds is 2. The number of hydrogen-bond acceptors (Lipinski definition) is 4. The van der Waals surface area contributed by atoms with Crippen LogP contribution in [0.25, 0.3) is 0 Å². The molecule has 0 aromatic heterocycles. The van der Waals surface area contributed by atoms with Crippen LogP contribution in [0.3, 0.4) is 0 Å². The number of aliphatic hydroxyl groups is 1. The highest BCUT2D eigenvalue weighted by Gasteiger charge is 2.33. The van der Waals surface area contributed by atoms with E-state index in [2.05, 4.69) is 4.99 Å². The van der Waals surface area contributed by atoms with E-state index in [1.165, 1.54) is 0 Å². The molecule has 1 aliphatic heterocycles. The zero-order valence-corrected chi connectivity index (χ0v) is 11.9. The summed E-state index contributed by atoms with van der Waals surface area (Å²) < 4.78 is 5.91. The van der Waals surface area contributed by atoms with E-state index in [4.69, 9.17) is 4.74 Å². The van der Waals surface area contributed by atoms with E-state index >= 15 is 0 Å². The number of benzene rings is 1. The van der Waals surface area contributed by atoms with Crippen molar-refractivity contribution in [2.75, 3.05) is 6.54 Å². The smallest absolute Gasteiger partial charge is 0.133 e. The Bertz CT molecular complexity index is 518. The van der Waals surface area contributed by atoms with Crippen molar-refractivity contribution in [3.8, 4) is 11.5 Å². The van der Waals surface area contributed by atoms with Crippen LogP contribution in [-0.4, -0.2) is 34.2 Å². The summed E-state index contributed by atoms with van der Waals surface area (Å²) in [5.41, 5.74) is 2.05. The van der Waals surface area contributed by atoms with E-state index in [0.29, 0.717) is 24.3 Å². The molecule has 0 aliphatic carbocycles. The number of hydrogen-bond donors (Lipinski definition) is 2. The molecule has 0 saturated heterocycles. The maximum absolute atomic E-state index is 10.1. The average Bonchev–Trinajstić information content (AvgIpc) is 2.22. The highest BCUT2D eigenvalue weighted by molar-refractivity contribution is 6.06. The van der Waals surface area contributed by atoms with Crippen molar-refractivity contribution in [2.45, 2.75) is 45.8 Å². The summed E-state index contributed by atoms with van der Waals surface area (Å²) in [4.78, 5) is 4.44. The fourth-order valence-electron chi connectivity index (χ4n) is 2.31. The van der Waals surface area contributed by atoms with E-state index in [0.717, 1.165) is 11.3 Å². The van der Waals surface area contributed by atoms with Gasteiger partial charge in [0.15, 0.2) is 0 Å². The molecule has 1 aromatic rings. The van der Waals surface area contributed by atoms with Crippen LogP contribution in [0.2, 0.25) is 0 Å². The minimum atomic E-state index is -0.491. The first-order chi connectivity index (χ1) is 8.78. The SMILES string of the molecule is Cc1cc(O)c2c(c1)OC(C)(C)CC2=NCC(C)O. The van der Waals surface area contributed by atoms with Crippen LogP contribution in [0.1, 0.15) is 38.3 Å². The van der Waals surface area contributed by atoms with Gasteiger partial charge in [0.25, 0.3) is 0 Å². The summed E-state index contributed by atoms with van der Waals surface area (Å²) in [5, 5.41) is 19.5. The molecule has 1 atom stereocenters. The molecule has 104 valence electrons. The number of aryl methyl sites for hydroxylation is 1. The van der Waals surface area contributed by atoms with Crippen molar-refractivity contribution in [1.82, 2.24) is 0 Å². The maximum atomic E-state index is 10.1. The lowest BCUT2D eigenvalue weighted by atomic mass is 9.91. The van der Waals surface area contributed by atoms with Crippen molar-refractivity contribution in [3.63, 3.8) is 0 Å². The van der Waals surface area contributed by atoms with Crippen molar-refractivity contribution in [2.24, 2.45) is 4.99 Å². The van der Waals surface area contributed by atoms with E-state index in [9.17, 15) is 10.2 Å². The largest absolute Gasteiger partial charge is 0.507 e. The third-order valence-corrected chi connectivity index (χ3v) is 3.04. The monoisotopic (exact) mass is 263 g/mol. The summed E-state index contributed by atoms with van der Waals surface area (Å²) in [6, 6.07) is 3.62. The van der Waals surface area contributed by atoms with Gasteiger partial charge in [-0.05, 0) is 45.4 Å². The van der Waals surface area contributed by atoms with Crippen LogP contribution in [0, 0.1) is 6.92 Å². The highest BCUT2D eigenvalue weighted by atomic mass is 16.5. The Balaban J connectivity index is 2.50. The summed E-state index contributed by atoms with van der Waals surface area (Å²) >= 11 is 0. The third-order valence-electron chi connectivity index (χ3n) is 3.04. The second-order valence-electron chi connectivity index (χ2n) is 5.83. The van der Waals surface area contributed by atoms with Crippen molar-refractivity contribution in [3.05, 3.63) is 23.3 Å². The Kier molecular flexibility index (Phi) is 3.54. The fraction of sp³-hybridized carbons (Fsp3) is 0.533. The van der Waals surface area contributed by atoms with Gasteiger partial charge in [0, 0.05) is 6.42 Å². The lowest BCUT2D eigenvalue weighted by molar-refractivity contribution is 0.110. The van der Waals surface area contributed by atoms with Gasteiger partial charge in [0.05, 0.1) is 23.9 Å². The van der Waals surface area contributed by atoms with Gasteiger partial charge in [-0.15, -0.1) is 0 Å². The Labute approximate surface area is 113 Å². The maximum Gasteiger partial charge on any atom is 0.133 e. The molecule has 0 amide bonds. The quantitative estimate of drug-likeness (QED) is 0.861. The second-order valence-corrected chi connectivity index (χ2v) is 5.83. The van der Waals surface area contributed by atoms with Crippen LogP contribution in [-0.2, 0) is 0 Å². The third kappa shape index (κ3) is 3.07. The van der Waals surface area contributed by atoms with Crippen LogP contribution in [0.4, 0.5) is 0 Å². The van der Waals surface area contributed by atoms with Gasteiger partial charge in [-0.2, -0.15) is 0 Å². The first-order valence-corrected chi connectivity index (χ1v) is 6.53. The number of aliphatic hydroxyl groups excluding tert-OH is 1. The van der Waals surface area contributed by atoms with Gasteiger partial charge in [-0.1, -0.05) is 0 Å². The highest BCUT2D eigenvalue weighted by Crippen LogP contribution is 2.39. The van der Waals surface area contributed by atoms with Crippen molar-refractivity contribution >= 4 is 5.71 Å². The van der Waals surface area contributed by atoms with Crippen LogP contribution >= 0.6 is 0 Å². The first-order valence-electron chi connectivity index (χ1n) is 6.53. The molecule has 2 rings (SSSR count). The number of phenols is 1. The molecule has 4 heteroatoms. The number of aliphatic imine (C=N–C) groups is 1. The molecule has 0 bridgehead atoms. The molecule has 2 N–H and O–H groups in total. The first kappa shape index (κ1) is 13.9. The summed E-state index contributed by atoms with van der Waals surface area (Å²) in [7, 11) is 0. The normalized spacial score (nSPS) is 20.8. The Morgan fingerprint density at radius 1 is 1.42 bits per heavy atom. The number of phenolic OH excluding ortho intramolecular Hbond substituents is 1. The second kappa shape index (κ2) is 4.85. The topological polar surface area (TPSA) is 62.0 Å². The molecule has 1 aromatic carbocycles. The molecule has 0 spiro atoms. The van der Waals surface area contributed by atoms with E-state index in [1.54, 1.807) is 13.0 Å². The molecule has 4 nitrogen and oxygen atoms in total. The summed E-state index contributed by atoms with van der Waals surface area (Å²) in [6.45, 7) is 7.93. The Morgan fingerprint density at radius 2 is 2.11 bits per heavy atom. The van der Waals surface area contributed by atoms with E-state index in [1.807, 2.05) is 26.8 Å². The molecular formula is C15H21NO3. The van der Waals surface area contributed by atoms with Gasteiger partial charge >= 0.3 is 0 Å². The van der Waals surface area contributed by atoms with E-state index < -0.39 is 6.10 Å². The molecule has 19 heavy (non-hydrogen) atoms. The molecule has 0 saturated carbocycles. The van der Waals surface area contributed by atoms with Gasteiger partial charge in [-0.3, -0.25) is 4.99 Å². The minimum absolute atomic E-state index is 0.190. The minimum Gasteiger partial charge on any atom is -0.507 e. The predicted octanol–water partition coefficient (Wildman–Crippen LogP) is 2.43. The molecule has 1 unspecified atom stereocenters. The lowest BCUT2D eigenvalue weighted by Crippen LogP contribution is -2.36. The van der Waals surface area contributed by atoms with Gasteiger partial charge in [0.1, 0.15) is 17.1 Å².